The molecule has 1 aromatic carbocycles. The van der Waals surface area contributed by atoms with Gasteiger partial charge in [-0.2, -0.15) is 0 Å². The largest absolute Gasteiger partial charge is 0.483 e. The van der Waals surface area contributed by atoms with Crippen molar-refractivity contribution in [3.63, 3.8) is 0 Å². The fourth-order valence-electron chi connectivity index (χ4n) is 2.87. The molecule has 1 aromatic heterocycles. The zero-order chi connectivity index (χ0) is 20.9. The minimum Gasteiger partial charge on any atom is -0.483 e. The summed E-state index contributed by atoms with van der Waals surface area (Å²) in [5, 5.41) is 15.3. The zero-order valence-corrected chi connectivity index (χ0v) is 16.5. The van der Waals surface area contributed by atoms with Crippen molar-refractivity contribution in [3.05, 3.63) is 46.5 Å². The van der Waals surface area contributed by atoms with Crippen LogP contribution in [0.3, 0.4) is 0 Å². The number of fused-ring (bicyclic) bond motifs is 1. The van der Waals surface area contributed by atoms with Crippen molar-refractivity contribution < 1.29 is 23.8 Å². The van der Waals surface area contributed by atoms with Gasteiger partial charge in [-0.15, -0.1) is 5.10 Å². The summed E-state index contributed by atoms with van der Waals surface area (Å²) in [4.78, 5) is 22.2. The summed E-state index contributed by atoms with van der Waals surface area (Å²) in [5.74, 6) is -0.241. The first-order chi connectivity index (χ1) is 13.1. The Morgan fingerprint density at radius 1 is 1.39 bits per heavy atom. The van der Waals surface area contributed by atoms with Gasteiger partial charge >= 0.3 is 6.09 Å². The standard InChI is InChI=1S/C18H23FN4O2.CH2O2/c1-12-9-14(19)6-5-13(12)10-23-16-7-8-22(11-15(16)20-21-23)17(24)25-18(2,3)4;2-1-3/h5-6,9H,7-8,10-11H2,1-4H3;1H,(H,2,3). The fourth-order valence-corrected chi connectivity index (χ4v) is 2.87. The summed E-state index contributed by atoms with van der Waals surface area (Å²) in [6.45, 7) is 8.68. The molecule has 28 heavy (non-hydrogen) atoms. The average Bonchev–Trinajstić information content (AvgIpc) is 2.99. The van der Waals surface area contributed by atoms with E-state index in [0.717, 1.165) is 22.5 Å². The molecular weight excluding hydrogens is 367 g/mol. The van der Waals surface area contributed by atoms with E-state index in [1.807, 2.05) is 32.4 Å². The van der Waals surface area contributed by atoms with Crippen LogP contribution in [0.4, 0.5) is 9.18 Å². The molecule has 1 aliphatic heterocycles. The van der Waals surface area contributed by atoms with Crippen molar-refractivity contribution >= 4 is 12.6 Å². The Labute approximate surface area is 162 Å². The molecule has 0 saturated heterocycles. The van der Waals surface area contributed by atoms with Crippen LogP contribution < -0.4 is 0 Å². The molecule has 0 saturated carbocycles. The van der Waals surface area contributed by atoms with Gasteiger partial charge in [0.2, 0.25) is 0 Å². The molecule has 0 atom stereocenters. The quantitative estimate of drug-likeness (QED) is 0.790. The highest BCUT2D eigenvalue weighted by Gasteiger charge is 2.28. The van der Waals surface area contributed by atoms with Gasteiger partial charge in [0.15, 0.2) is 0 Å². The number of amides is 1. The Hall–Kier alpha value is -2.97. The van der Waals surface area contributed by atoms with Crippen LogP contribution in [0, 0.1) is 12.7 Å². The van der Waals surface area contributed by atoms with Crippen LogP contribution >= 0.6 is 0 Å². The summed E-state index contributed by atoms with van der Waals surface area (Å²) < 4.78 is 20.5. The first-order valence-corrected chi connectivity index (χ1v) is 8.86. The number of hydrogen-bond acceptors (Lipinski definition) is 5. The van der Waals surface area contributed by atoms with Crippen LogP contribution in [0.25, 0.3) is 0 Å². The van der Waals surface area contributed by atoms with E-state index in [9.17, 15) is 9.18 Å². The van der Waals surface area contributed by atoms with Crippen LogP contribution in [0.5, 0.6) is 0 Å². The predicted octanol–water partition coefficient (Wildman–Crippen LogP) is 2.77. The molecule has 0 unspecified atom stereocenters. The van der Waals surface area contributed by atoms with E-state index in [0.29, 0.717) is 26.1 Å². The maximum atomic E-state index is 13.3. The number of carboxylic acid groups (broad SMARTS) is 1. The monoisotopic (exact) mass is 392 g/mol. The fraction of sp³-hybridized carbons (Fsp3) is 0.474. The van der Waals surface area contributed by atoms with E-state index in [2.05, 4.69) is 10.3 Å². The van der Waals surface area contributed by atoms with Gasteiger partial charge in [-0.1, -0.05) is 11.3 Å². The molecule has 1 amide bonds. The molecule has 9 heteroatoms. The summed E-state index contributed by atoms with van der Waals surface area (Å²) in [6, 6.07) is 4.74. The lowest BCUT2D eigenvalue weighted by molar-refractivity contribution is -0.122. The van der Waals surface area contributed by atoms with Crippen LogP contribution in [-0.4, -0.2) is 49.7 Å². The number of aromatic nitrogens is 3. The third-order valence-electron chi connectivity index (χ3n) is 4.15. The van der Waals surface area contributed by atoms with Gasteiger partial charge < -0.3 is 14.7 Å². The average molecular weight is 392 g/mol. The van der Waals surface area contributed by atoms with Crippen molar-refractivity contribution in [1.82, 2.24) is 19.9 Å². The van der Waals surface area contributed by atoms with E-state index < -0.39 is 5.60 Å². The number of halogens is 1. The van der Waals surface area contributed by atoms with Gasteiger partial charge in [0, 0.05) is 13.0 Å². The number of carbonyl (C=O) groups is 2. The molecule has 2 heterocycles. The number of aryl methyl sites for hydroxylation is 1. The molecule has 0 bridgehead atoms. The van der Waals surface area contributed by atoms with Crippen molar-refractivity contribution in [2.24, 2.45) is 0 Å². The second-order valence-corrected chi connectivity index (χ2v) is 7.47. The number of hydrogen-bond donors (Lipinski definition) is 1. The van der Waals surface area contributed by atoms with Crippen molar-refractivity contribution in [3.8, 4) is 0 Å². The summed E-state index contributed by atoms with van der Waals surface area (Å²) in [6.07, 6.45) is 0.337. The molecule has 2 aromatic rings. The third-order valence-corrected chi connectivity index (χ3v) is 4.15. The Morgan fingerprint density at radius 3 is 2.68 bits per heavy atom. The second kappa shape index (κ2) is 8.81. The molecule has 3 rings (SSSR count). The molecule has 8 nitrogen and oxygen atoms in total. The van der Waals surface area contributed by atoms with E-state index in [-0.39, 0.29) is 18.4 Å². The van der Waals surface area contributed by atoms with Crippen LogP contribution in [0.15, 0.2) is 18.2 Å². The highest BCUT2D eigenvalue weighted by Crippen LogP contribution is 2.21. The number of ether oxygens (including phenoxy) is 1. The lowest BCUT2D eigenvalue weighted by Gasteiger charge is -2.29. The molecule has 0 radical (unpaired) electrons. The summed E-state index contributed by atoms with van der Waals surface area (Å²) >= 11 is 0. The normalized spacial score (nSPS) is 13.2. The zero-order valence-electron chi connectivity index (χ0n) is 16.5. The third kappa shape index (κ3) is 5.51. The Morgan fingerprint density at radius 2 is 2.07 bits per heavy atom. The minimum absolute atomic E-state index is 0.241. The SMILES string of the molecule is Cc1cc(F)ccc1Cn1nnc2c1CCN(C(=O)OC(C)(C)C)C2.O=CO. The predicted molar refractivity (Wildman–Crippen MR) is 99.3 cm³/mol. The van der Waals surface area contributed by atoms with Gasteiger partial charge in [-0.3, -0.25) is 4.79 Å². The van der Waals surface area contributed by atoms with Gasteiger partial charge in [-0.05, 0) is 51.0 Å². The van der Waals surface area contributed by atoms with E-state index >= 15 is 0 Å². The first-order valence-electron chi connectivity index (χ1n) is 8.86. The second-order valence-electron chi connectivity index (χ2n) is 7.47. The van der Waals surface area contributed by atoms with E-state index in [1.165, 1.54) is 12.1 Å². The Bertz CT molecular complexity index is 845. The minimum atomic E-state index is -0.519. The molecule has 0 fully saturated rings. The van der Waals surface area contributed by atoms with E-state index in [1.54, 1.807) is 11.0 Å². The van der Waals surface area contributed by atoms with Crippen LogP contribution in [0.2, 0.25) is 0 Å². The Kier molecular flexibility index (Phi) is 6.71. The van der Waals surface area contributed by atoms with Gasteiger partial charge in [0.05, 0.1) is 18.8 Å². The van der Waals surface area contributed by atoms with Gasteiger partial charge in [-0.25, -0.2) is 13.9 Å². The molecule has 1 aliphatic rings. The van der Waals surface area contributed by atoms with Crippen LogP contribution in [-0.2, 0) is 29.0 Å². The smallest absolute Gasteiger partial charge is 0.410 e. The number of carbonyl (C=O) groups excluding carboxylic acids is 1. The molecular formula is C19H25FN4O4. The molecule has 0 aliphatic carbocycles. The molecule has 0 spiro atoms. The topological polar surface area (TPSA) is 97.5 Å². The summed E-state index contributed by atoms with van der Waals surface area (Å²) in [5.41, 5.74) is 3.18. The van der Waals surface area contributed by atoms with Crippen molar-refractivity contribution in [2.45, 2.75) is 52.8 Å². The van der Waals surface area contributed by atoms with Crippen molar-refractivity contribution in [1.29, 1.82) is 0 Å². The van der Waals surface area contributed by atoms with Crippen LogP contribution in [0.1, 0.15) is 43.3 Å². The van der Waals surface area contributed by atoms with Gasteiger partial charge in [0.1, 0.15) is 17.1 Å². The maximum Gasteiger partial charge on any atom is 0.410 e. The highest BCUT2D eigenvalue weighted by molar-refractivity contribution is 5.68. The number of benzene rings is 1. The van der Waals surface area contributed by atoms with Gasteiger partial charge in [0.25, 0.3) is 6.47 Å². The maximum absolute atomic E-state index is 13.3. The lowest BCUT2D eigenvalue weighted by atomic mass is 10.1. The number of nitrogens with zero attached hydrogens (tertiary/aromatic N) is 4. The number of rotatable bonds is 2. The first kappa shape index (κ1) is 21.3. The van der Waals surface area contributed by atoms with Crippen molar-refractivity contribution in [2.75, 3.05) is 6.54 Å². The van der Waals surface area contributed by atoms with E-state index in [4.69, 9.17) is 14.6 Å². The lowest BCUT2D eigenvalue weighted by Crippen LogP contribution is -2.40. The Balaban J connectivity index is 0.000000878. The molecule has 152 valence electrons. The highest BCUT2D eigenvalue weighted by atomic mass is 19.1. The molecule has 1 N–H and O–H groups in total. The summed E-state index contributed by atoms with van der Waals surface area (Å²) in [7, 11) is 0.